The van der Waals surface area contributed by atoms with Gasteiger partial charge in [0.15, 0.2) is 5.96 Å². The van der Waals surface area contributed by atoms with Crippen LogP contribution in [0.25, 0.3) is 0 Å². The fraction of sp³-hybridized carbons (Fsp3) is 0.652. The molecule has 0 radical (unpaired) electrons. The molecular formula is C23H41IN4O2. The molecule has 1 unspecified atom stereocenters. The standard InChI is InChI=1S/C23H40N4O2.HI/c1-5-7-13-25-22(29)21-10-8-19(9-11-21)16-26-23(24-6-2)27-17-20(12-14-28)15-18(3)4;/h8-11,18,20,28H,5-7,12-17H2,1-4H3,(H,25,29)(H2,24,26,27);1H. The van der Waals surface area contributed by atoms with Gasteiger partial charge in [0.25, 0.3) is 5.91 Å². The number of carbonyl (C=O) groups is 1. The van der Waals surface area contributed by atoms with Crippen molar-refractivity contribution in [3.63, 3.8) is 0 Å². The van der Waals surface area contributed by atoms with Crippen LogP contribution in [0.5, 0.6) is 0 Å². The Kier molecular flexibility index (Phi) is 16.6. The third-order valence-electron chi connectivity index (χ3n) is 4.70. The number of aliphatic hydroxyl groups is 1. The SMILES string of the molecule is CCCCNC(=O)c1ccc(CN=C(NCC)NCC(CCO)CC(C)C)cc1.I. The quantitative estimate of drug-likeness (QED) is 0.134. The van der Waals surface area contributed by atoms with E-state index in [0.29, 0.717) is 30.5 Å². The Morgan fingerprint density at radius 1 is 1.10 bits per heavy atom. The van der Waals surface area contributed by atoms with Gasteiger partial charge in [0.2, 0.25) is 0 Å². The van der Waals surface area contributed by atoms with Gasteiger partial charge < -0.3 is 21.1 Å². The van der Waals surface area contributed by atoms with E-state index >= 15 is 0 Å². The predicted molar refractivity (Wildman–Crippen MR) is 137 cm³/mol. The van der Waals surface area contributed by atoms with E-state index in [1.54, 1.807) is 0 Å². The molecule has 0 aromatic heterocycles. The highest BCUT2D eigenvalue weighted by Crippen LogP contribution is 2.14. The molecule has 0 aliphatic rings. The Balaban J connectivity index is 0.00000841. The van der Waals surface area contributed by atoms with E-state index < -0.39 is 0 Å². The number of hydrogen-bond donors (Lipinski definition) is 4. The molecule has 6 nitrogen and oxygen atoms in total. The highest BCUT2D eigenvalue weighted by atomic mass is 127. The molecule has 1 aromatic carbocycles. The Hall–Kier alpha value is -1.35. The van der Waals surface area contributed by atoms with Crippen LogP contribution in [0, 0.1) is 11.8 Å². The Bertz CT molecular complexity index is 606. The minimum absolute atomic E-state index is 0. The van der Waals surface area contributed by atoms with Gasteiger partial charge in [-0.1, -0.05) is 39.3 Å². The Labute approximate surface area is 199 Å². The van der Waals surface area contributed by atoms with Crippen molar-refractivity contribution in [3.05, 3.63) is 35.4 Å². The molecule has 172 valence electrons. The highest BCUT2D eigenvalue weighted by Gasteiger charge is 2.11. The number of hydrogen-bond acceptors (Lipinski definition) is 3. The van der Waals surface area contributed by atoms with Crippen molar-refractivity contribution in [3.8, 4) is 0 Å². The molecule has 0 aliphatic heterocycles. The molecule has 1 amide bonds. The fourth-order valence-corrected chi connectivity index (χ4v) is 3.15. The minimum Gasteiger partial charge on any atom is -0.396 e. The zero-order valence-electron chi connectivity index (χ0n) is 19.0. The van der Waals surface area contributed by atoms with Crippen LogP contribution in [0.2, 0.25) is 0 Å². The lowest BCUT2D eigenvalue weighted by Gasteiger charge is -2.20. The van der Waals surface area contributed by atoms with Crippen LogP contribution in [-0.4, -0.2) is 43.2 Å². The van der Waals surface area contributed by atoms with Crippen LogP contribution in [0.15, 0.2) is 29.3 Å². The van der Waals surface area contributed by atoms with Crippen LogP contribution in [-0.2, 0) is 6.54 Å². The van der Waals surface area contributed by atoms with E-state index in [0.717, 1.165) is 50.3 Å². The highest BCUT2D eigenvalue weighted by molar-refractivity contribution is 14.0. The maximum atomic E-state index is 12.1. The van der Waals surface area contributed by atoms with Crippen LogP contribution >= 0.6 is 24.0 Å². The van der Waals surface area contributed by atoms with Gasteiger partial charge in [0, 0.05) is 31.8 Å². The number of aliphatic hydroxyl groups excluding tert-OH is 1. The van der Waals surface area contributed by atoms with Crippen molar-refractivity contribution in [2.24, 2.45) is 16.8 Å². The lowest BCUT2D eigenvalue weighted by Crippen LogP contribution is -2.40. The van der Waals surface area contributed by atoms with Gasteiger partial charge in [-0.2, -0.15) is 0 Å². The van der Waals surface area contributed by atoms with Crippen molar-refractivity contribution >= 4 is 35.8 Å². The first-order valence-corrected chi connectivity index (χ1v) is 11.0. The van der Waals surface area contributed by atoms with Crippen LogP contribution in [0.4, 0.5) is 0 Å². The maximum absolute atomic E-state index is 12.1. The second-order valence-corrected chi connectivity index (χ2v) is 7.89. The second-order valence-electron chi connectivity index (χ2n) is 7.89. The molecule has 0 fully saturated rings. The smallest absolute Gasteiger partial charge is 0.251 e. The average molecular weight is 533 g/mol. The number of amides is 1. The topological polar surface area (TPSA) is 85.8 Å². The molecule has 0 heterocycles. The number of carbonyl (C=O) groups excluding carboxylic acids is 1. The van der Waals surface area contributed by atoms with E-state index in [9.17, 15) is 9.90 Å². The first-order chi connectivity index (χ1) is 14.0. The summed E-state index contributed by atoms with van der Waals surface area (Å²) in [5.41, 5.74) is 1.74. The van der Waals surface area contributed by atoms with Gasteiger partial charge in [0.1, 0.15) is 0 Å². The molecule has 0 aliphatic carbocycles. The summed E-state index contributed by atoms with van der Waals surface area (Å²) < 4.78 is 0. The fourth-order valence-electron chi connectivity index (χ4n) is 3.15. The summed E-state index contributed by atoms with van der Waals surface area (Å²) in [6.45, 7) is 11.6. The zero-order chi connectivity index (χ0) is 21.5. The number of benzene rings is 1. The summed E-state index contributed by atoms with van der Waals surface area (Å²) in [5, 5.41) is 18.9. The number of nitrogens with zero attached hydrogens (tertiary/aromatic N) is 1. The molecule has 30 heavy (non-hydrogen) atoms. The van der Waals surface area contributed by atoms with Crippen molar-refractivity contribution in [1.82, 2.24) is 16.0 Å². The summed E-state index contributed by atoms with van der Waals surface area (Å²) in [7, 11) is 0. The average Bonchev–Trinajstić information content (AvgIpc) is 2.70. The predicted octanol–water partition coefficient (Wildman–Crippen LogP) is 3.93. The summed E-state index contributed by atoms with van der Waals surface area (Å²) in [6.07, 6.45) is 3.94. The lowest BCUT2D eigenvalue weighted by atomic mass is 9.94. The van der Waals surface area contributed by atoms with E-state index in [1.165, 1.54) is 0 Å². The largest absolute Gasteiger partial charge is 0.396 e. The molecule has 0 spiro atoms. The summed E-state index contributed by atoms with van der Waals surface area (Å²) in [5.74, 6) is 1.78. The molecule has 1 aromatic rings. The molecule has 1 atom stereocenters. The molecule has 0 saturated heterocycles. The first kappa shape index (κ1) is 28.6. The van der Waals surface area contributed by atoms with Crippen LogP contribution < -0.4 is 16.0 Å². The van der Waals surface area contributed by atoms with Gasteiger partial charge in [0.05, 0.1) is 6.54 Å². The van der Waals surface area contributed by atoms with Crippen molar-refractivity contribution in [2.75, 3.05) is 26.2 Å². The molecule has 0 bridgehead atoms. The van der Waals surface area contributed by atoms with Gasteiger partial charge in [-0.05, 0) is 55.7 Å². The Morgan fingerprint density at radius 3 is 2.37 bits per heavy atom. The van der Waals surface area contributed by atoms with Gasteiger partial charge in [-0.25, -0.2) is 4.99 Å². The zero-order valence-corrected chi connectivity index (χ0v) is 21.4. The van der Waals surface area contributed by atoms with E-state index in [-0.39, 0.29) is 36.5 Å². The number of guanidine groups is 1. The van der Waals surface area contributed by atoms with Gasteiger partial charge >= 0.3 is 0 Å². The van der Waals surface area contributed by atoms with Gasteiger partial charge in [-0.3, -0.25) is 4.79 Å². The Morgan fingerprint density at radius 2 is 1.80 bits per heavy atom. The number of nitrogens with one attached hydrogen (secondary N) is 3. The number of halogens is 1. The molecule has 7 heteroatoms. The van der Waals surface area contributed by atoms with E-state index in [1.807, 2.05) is 31.2 Å². The second kappa shape index (κ2) is 17.3. The maximum Gasteiger partial charge on any atom is 0.251 e. The number of rotatable bonds is 13. The summed E-state index contributed by atoms with van der Waals surface area (Å²) >= 11 is 0. The molecule has 0 saturated carbocycles. The third kappa shape index (κ3) is 12.4. The van der Waals surface area contributed by atoms with E-state index in [4.69, 9.17) is 0 Å². The summed E-state index contributed by atoms with van der Waals surface area (Å²) in [4.78, 5) is 16.7. The lowest BCUT2D eigenvalue weighted by molar-refractivity contribution is 0.0953. The van der Waals surface area contributed by atoms with Crippen LogP contribution in [0.3, 0.4) is 0 Å². The monoisotopic (exact) mass is 532 g/mol. The van der Waals surface area contributed by atoms with Crippen molar-refractivity contribution < 1.29 is 9.90 Å². The molecule has 4 N–H and O–H groups in total. The van der Waals surface area contributed by atoms with Crippen molar-refractivity contribution in [2.45, 2.75) is 59.9 Å². The first-order valence-electron chi connectivity index (χ1n) is 11.0. The molecule has 1 rings (SSSR count). The van der Waals surface area contributed by atoms with Crippen LogP contribution in [0.1, 0.15) is 69.3 Å². The van der Waals surface area contributed by atoms with Crippen molar-refractivity contribution in [1.29, 1.82) is 0 Å². The normalized spacial score (nSPS) is 12.3. The van der Waals surface area contributed by atoms with E-state index in [2.05, 4.69) is 41.7 Å². The number of unbranched alkanes of at least 4 members (excludes halogenated alkanes) is 1. The third-order valence-corrected chi connectivity index (χ3v) is 4.70. The molecular weight excluding hydrogens is 491 g/mol. The number of aliphatic imine (C=N–C) groups is 1. The van der Waals surface area contributed by atoms with Gasteiger partial charge in [-0.15, -0.1) is 24.0 Å². The summed E-state index contributed by atoms with van der Waals surface area (Å²) in [6, 6.07) is 7.61. The minimum atomic E-state index is -0.0245.